The zero-order chi connectivity index (χ0) is 15.7. The highest BCUT2D eigenvalue weighted by molar-refractivity contribution is 6.30. The molecule has 0 fully saturated rings. The third-order valence-corrected chi connectivity index (χ3v) is 3.84. The van der Waals surface area contributed by atoms with Crippen molar-refractivity contribution in [1.82, 2.24) is 9.55 Å². The number of amides is 1. The molecule has 0 aliphatic heterocycles. The molecule has 0 aliphatic carbocycles. The summed E-state index contributed by atoms with van der Waals surface area (Å²) >= 11 is 5.93. The van der Waals surface area contributed by atoms with Crippen LogP contribution in [0.15, 0.2) is 42.5 Å². The van der Waals surface area contributed by atoms with Crippen LogP contribution in [0, 0.1) is 13.8 Å². The van der Waals surface area contributed by atoms with Crippen LogP contribution in [-0.4, -0.2) is 15.5 Å². The molecule has 1 heterocycles. The summed E-state index contributed by atoms with van der Waals surface area (Å²) in [5.41, 5.74) is 3.57. The Morgan fingerprint density at radius 3 is 2.77 bits per heavy atom. The second-order valence-electron chi connectivity index (χ2n) is 5.24. The van der Waals surface area contributed by atoms with Gasteiger partial charge in [0.1, 0.15) is 12.4 Å². The largest absolute Gasteiger partial charge is 0.324 e. The van der Waals surface area contributed by atoms with E-state index < -0.39 is 0 Å². The first-order chi connectivity index (χ1) is 10.5. The Balaban J connectivity index is 1.83. The maximum absolute atomic E-state index is 12.3. The van der Waals surface area contributed by atoms with E-state index >= 15 is 0 Å². The first kappa shape index (κ1) is 14.6. The quantitative estimate of drug-likeness (QED) is 0.796. The number of hydrogen-bond acceptors (Lipinski definition) is 2. The number of anilines is 1. The molecule has 0 atom stereocenters. The van der Waals surface area contributed by atoms with Crippen LogP contribution >= 0.6 is 11.6 Å². The molecular weight excluding hydrogens is 298 g/mol. The topological polar surface area (TPSA) is 46.9 Å². The fourth-order valence-electron chi connectivity index (χ4n) is 2.50. The van der Waals surface area contributed by atoms with E-state index in [2.05, 4.69) is 10.3 Å². The van der Waals surface area contributed by atoms with E-state index in [-0.39, 0.29) is 12.5 Å². The van der Waals surface area contributed by atoms with Gasteiger partial charge in [0.2, 0.25) is 5.91 Å². The Labute approximate surface area is 133 Å². The molecule has 22 heavy (non-hydrogen) atoms. The number of nitrogens with one attached hydrogen (secondary N) is 1. The van der Waals surface area contributed by atoms with Crippen molar-refractivity contribution in [1.29, 1.82) is 0 Å². The van der Waals surface area contributed by atoms with E-state index in [1.165, 1.54) is 0 Å². The lowest BCUT2D eigenvalue weighted by Gasteiger charge is -2.10. The Morgan fingerprint density at radius 2 is 2.00 bits per heavy atom. The summed E-state index contributed by atoms with van der Waals surface area (Å²) in [4.78, 5) is 16.8. The number of aryl methyl sites for hydroxylation is 2. The molecule has 0 radical (unpaired) electrons. The standard InChI is InChI=1S/C17H16ClN3O/c1-11-9-13(18)7-8-14(11)20-17(22)10-21-12(2)19-15-5-3-4-6-16(15)21/h3-9H,10H2,1-2H3,(H,20,22). The summed E-state index contributed by atoms with van der Waals surface area (Å²) in [6.45, 7) is 4.05. The number of para-hydroxylation sites is 2. The number of imidazole rings is 1. The van der Waals surface area contributed by atoms with Crippen LogP contribution in [0.4, 0.5) is 5.69 Å². The molecule has 0 saturated carbocycles. The van der Waals surface area contributed by atoms with E-state index in [0.29, 0.717) is 5.02 Å². The Morgan fingerprint density at radius 1 is 1.23 bits per heavy atom. The molecule has 5 heteroatoms. The monoisotopic (exact) mass is 313 g/mol. The smallest absolute Gasteiger partial charge is 0.244 e. The van der Waals surface area contributed by atoms with Gasteiger partial charge in [-0.2, -0.15) is 0 Å². The minimum atomic E-state index is -0.0864. The predicted octanol–water partition coefficient (Wildman–Crippen LogP) is 3.95. The van der Waals surface area contributed by atoms with Crippen molar-refractivity contribution in [3.8, 4) is 0 Å². The lowest BCUT2D eigenvalue weighted by Crippen LogP contribution is -2.19. The maximum Gasteiger partial charge on any atom is 0.244 e. The number of nitrogens with zero attached hydrogens (tertiary/aromatic N) is 2. The van der Waals surface area contributed by atoms with Gasteiger partial charge in [0, 0.05) is 10.7 Å². The fourth-order valence-corrected chi connectivity index (χ4v) is 2.72. The molecule has 1 aromatic heterocycles. The summed E-state index contributed by atoms with van der Waals surface area (Å²) in [5, 5.41) is 3.58. The normalized spacial score (nSPS) is 10.9. The zero-order valence-electron chi connectivity index (χ0n) is 12.4. The van der Waals surface area contributed by atoms with Crippen LogP contribution in [0.1, 0.15) is 11.4 Å². The zero-order valence-corrected chi connectivity index (χ0v) is 13.2. The van der Waals surface area contributed by atoms with Gasteiger partial charge >= 0.3 is 0 Å². The van der Waals surface area contributed by atoms with Gasteiger partial charge in [0.15, 0.2) is 0 Å². The summed E-state index contributed by atoms with van der Waals surface area (Å²) < 4.78 is 1.91. The van der Waals surface area contributed by atoms with Crippen molar-refractivity contribution >= 4 is 34.2 Å². The van der Waals surface area contributed by atoms with Gasteiger partial charge in [-0.3, -0.25) is 4.79 Å². The van der Waals surface area contributed by atoms with Crippen LogP contribution in [0.25, 0.3) is 11.0 Å². The molecule has 2 aromatic carbocycles. The number of carbonyl (C=O) groups is 1. The van der Waals surface area contributed by atoms with Gasteiger partial charge in [-0.25, -0.2) is 4.98 Å². The van der Waals surface area contributed by atoms with E-state index in [4.69, 9.17) is 11.6 Å². The Kier molecular flexibility index (Phi) is 3.86. The third kappa shape index (κ3) is 2.83. The molecule has 0 saturated heterocycles. The van der Waals surface area contributed by atoms with Crippen LogP contribution in [0.3, 0.4) is 0 Å². The minimum Gasteiger partial charge on any atom is -0.324 e. The maximum atomic E-state index is 12.3. The van der Waals surface area contributed by atoms with E-state index in [0.717, 1.165) is 28.1 Å². The van der Waals surface area contributed by atoms with Gasteiger partial charge < -0.3 is 9.88 Å². The Bertz CT molecular complexity index is 854. The van der Waals surface area contributed by atoms with Gasteiger partial charge in [-0.05, 0) is 49.7 Å². The molecule has 3 aromatic rings. The minimum absolute atomic E-state index is 0.0864. The average Bonchev–Trinajstić information content (AvgIpc) is 2.78. The van der Waals surface area contributed by atoms with E-state index in [1.807, 2.05) is 54.8 Å². The second-order valence-corrected chi connectivity index (χ2v) is 5.68. The molecule has 4 nitrogen and oxygen atoms in total. The molecule has 3 rings (SSSR count). The molecule has 1 amide bonds. The van der Waals surface area contributed by atoms with Crippen LogP contribution in [0.5, 0.6) is 0 Å². The third-order valence-electron chi connectivity index (χ3n) is 3.61. The number of fused-ring (bicyclic) bond motifs is 1. The summed E-state index contributed by atoms with van der Waals surface area (Å²) in [6, 6.07) is 13.2. The molecule has 112 valence electrons. The number of carbonyl (C=O) groups excluding carboxylic acids is 1. The molecule has 0 unspecified atom stereocenters. The molecule has 0 spiro atoms. The summed E-state index contributed by atoms with van der Waals surface area (Å²) in [7, 11) is 0. The molecular formula is C17H16ClN3O. The van der Waals surface area contributed by atoms with Crippen molar-refractivity contribution in [2.75, 3.05) is 5.32 Å². The molecule has 1 N–H and O–H groups in total. The van der Waals surface area contributed by atoms with Gasteiger partial charge in [-0.15, -0.1) is 0 Å². The van der Waals surface area contributed by atoms with Gasteiger partial charge in [0.05, 0.1) is 11.0 Å². The van der Waals surface area contributed by atoms with Crippen molar-refractivity contribution in [2.24, 2.45) is 0 Å². The highest BCUT2D eigenvalue weighted by Gasteiger charge is 2.11. The Hall–Kier alpha value is -2.33. The summed E-state index contributed by atoms with van der Waals surface area (Å²) in [6.07, 6.45) is 0. The van der Waals surface area contributed by atoms with Gasteiger partial charge in [0.25, 0.3) is 0 Å². The number of hydrogen-bond donors (Lipinski definition) is 1. The van der Waals surface area contributed by atoms with Crippen LogP contribution in [-0.2, 0) is 11.3 Å². The predicted molar refractivity (Wildman–Crippen MR) is 89.3 cm³/mol. The SMILES string of the molecule is Cc1cc(Cl)ccc1NC(=O)Cn1c(C)nc2ccccc21. The van der Waals surface area contributed by atoms with Gasteiger partial charge in [-0.1, -0.05) is 23.7 Å². The highest BCUT2D eigenvalue weighted by Crippen LogP contribution is 2.20. The number of halogens is 1. The number of rotatable bonds is 3. The lowest BCUT2D eigenvalue weighted by atomic mass is 10.2. The van der Waals surface area contributed by atoms with Crippen molar-refractivity contribution in [3.63, 3.8) is 0 Å². The summed E-state index contributed by atoms with van der Waals surface area (Å²) in [5.74, 6) is 0.737. The van der Waals surface area contributed by atoms with Crippen molar-refractivity contribution in [3.05, 3.63) is 58.9 Å². The number of aromatic nitrogens is 2. The van der Waals surface area contributed by atoms with Crippen LogP contribution in [0.2, 0.25) is 5.02 Å². The van der Waals surface area contributed by atoms with Crippen LogP contribution < -0.4 is 5.32 Å². The number of benzene rings is 2. The van der Waals surface area contributed by atoms with Crippen molar-refractivity contribution in [2.45, 2.75) is 20.4 Å². The van der Waals surface area contributed by atoms with E-state index in [1.54, 1.807) is 6.07 Å². The first-order valence-corrected chi connectivity index (χ1v) is 7.40. The lowest BCUT2D eigenvalue weighted by molar-refractivity contribution is -0.116. The average molecular weight is 314 g/mol. The second kappa shape index (κ2) is 5.81. The van der Waals surface area contributed by atoms with E-state index in [9.17, 15) is 4.79 Å². The molecule has 0 bridgehead atoms. The molecule has 0 aliphatic rings. The fraction of sp³-hybridized carbons (Fsp3) is 0.176. The highest BCUT2D eigenvalue weighted by atomic mass is 35.5. The van der Waals surface area contributed by atoms with Crippen molar-refractivity contribution < 1.29 is 4.79 Å². The first-order valence-electron chi connectivity index (χ1n) is 7.02.